The van der Waals surface area contributed by atoms with Crippen LogP contribution in [0, 0.1) is 0 Å². The number of aromatic amines is 1. The highest BCUT2D eigenvalue weighted by Gasteiger charge is 2.10. The normalized spacial score (nSPS) is 13.1. The van der Waals surface area contributed by atoms with E-state index >= 15 is 0 Å². The molecule has 0 aliphatic rings. The van der Waals surface area contributed by atoms with Crippen LogP contribution in [0.25, 0.3) is 11.6 Å². The molecule has 0 fully saturated rings. The maximum Gasteiger partial charge on any atom is 0.217 e. The van der Waals surface area contributed by atoms with Crippen molar-refractivity contribution in [1.82, 2.24) is 15.2 Å². The number of aliphatic hydroxyl groups excluding tert-OH is 1. The van der Waals surface area contributed by atoms with Crippen molar-refractivity contribution < 1.29 is 9.52 Å². The average Bonchev–Trinajstić information content (AvgIpc) is 2.75. The lowest BCUT2D eigenvalue weighted by molar-refractivity contribution is 0.189. The number of H-pyrrole nitrogens is 1. The number of furan rings is 1. The Labute approximate surface area is 74.4 Å². The minimum absolute atomic E-state index is 0.436. The lowest BCUT2D eigenvalue weighted by atomic mass is 10.4. The summed E-state index contributed by atoms with van der Waals surface area (Å²) in [6.45, 7) is 1.62. The molecule has 2 aromatic heterocycles. The van der Waals surface area contributed by atoms with Gasteiger partial charge in [0, 0.05) is 0 Å². The molecular formula is C8H9N3O2. The van der Waals surface area contributed by atoms with Gasteiger partial charge in [0.2, 0.25) is 5.82 Å². The predicted molar refractivity (Wildman–Crippen MR) is 44.7 cm³/mol. The second-order valence-electron chi connectivity index (χ2n) is 2.70. The third-order valence-corrected chi connectivity index (χ3v) is 1.64. The molecule has 1 unspecified atom stereocenters. The zero-order chi connectivity index (χ0) is 9.26. The number of aromatic nitrogens is 3. The van der Waals surface area contributed by atoms with Gasteiger partial charge < -0.3 is 9.52 Å². The summed E-state index contributed by atoms with van der Waals surface area (Å²) in [5.41, 5.74) is 0. The lowest BCUT2D eigenvalue weighted by Gasteiger charge is -1.94. The van der Waals surface area contributed by atoms with Crippen molar-refractivity contribution >= 4 is 0 Å². The van der Waals surface area contributed by atoms with Gasteiger partial charge in [-0.1, -0.05) is 0 Å². The standard InChI is InChI=1S/C8H9N3O2/c1-5(12)7-9-8(11-10-7)6-3-2-4-13-6/h2-5,12H,1H3,(H,9,10,11). The molecule has 68 valence electrons. The Balaban J connectivity index is 2.33. The molecule has 5 nitrogen and oxygen atoms in total. The van der Waals surface area contributed by atoms with Gasteiger partial charge in [-0.15, -0.1) is 5.10 Å². The molecular weight excluding hydrogens is 170 g/mol. The molecule has 13 heavy (non-hydrogen) atoms. The fourth-order valence-electron chi connectivity index (χ4n) is 0.977. The molecule has 0 saturated heterocycles. The van der Waals surface area contributed by atoms with Crippen molar-refractivity contribution in [1.29, 1.82) is 0 Å². The molecule has 2 N–H and O–H groups in total. The van der Waals surface area contributed by atoms with E-state index < -0.39 is 6.10 Å². The van der Waals surface area contributed by atoms with Crippen LogP contribution in [0.3, 0.4) is 0 Å². The van der Waals surface area contributed by atoms with Crippen molar-refractivity contribution in [2.45, 2.75) is 13.0 Å². The van der Waals surface area contributed by atoms with Crippen LogP contribution in [0.5, 0.6) is 0 Å². The monoisotopic (exact) mass is 179 g/mol. The zero-order valence-corrected chi connectivity index (χ0v) is 7.06. The summed E-state index contributed by atoms with van der Waals surface area (Å²) in [7, 11) is 0. The van der Waals surface area contributed by atoms with Gasteiger partial charge >= 0.3 is 0 Å². The molecule has 2 aromatic rings. The molecule has 5 heteroatoms. The lowest BCUT2D eigenvalue weighted by Crippen LogP contribution is -1.92. The summed E-state index contributed by atoms with van der Waals surface area (Å²) in [6, 6.07) is 3.52. The SMILES string of the molecule is CC(O)c1nc(-c2ccco2)n[nH]1. The first kappa shape index (κ1) is 8.00. The van der Waals surface area contributed by atoms with Gasteiger partial charge in [-0.05, 0) is 19.1 Å². The molecule has 0 aromatic carbocycles. The van der Waals surface area contributed by atoms with Crippen LogP contribution in [0.15, 0.2) is 22.8 Å². The van der Waals surface area contributed by atoms with Gasteiger partial charge in [-0.3, -0.25) is 5.10 Å². The minimum Gasteiger partial charge on any atom is -0.461 e. The summed E-state index contributed by atoms with van der Waals surface area (Å²) < 4.78 is 5.09. The fraction of sp³-hybridized carbons (Fsp3) is 0.250. The van der Waals surface area contributed by atoms with Crippen LogP contribution in [0.4, 0.5) is 0 Å². The molecule has 0 radical (unpaired) electrons. The van der Waals surface area contributed by atoms with Crippen LogP contribution in [0.1, 0.15) is 18.9 Å². The van der Waals surface area contributed by atoms with Crippen molar-refractivity contribution in [3.63, 3.8) is 0 Å². The summed E-state index contributed by atoms with van der Waals surface area (Å²) in [4.78, 5) is 4.04. The van der Waals surface area contributed by atoms with Gasteiger partial charge in [0.25, 0.3) is 0 Å². The Morgan fingerprint density at radius 3 is 3.00 bits per heavy atom. The Morgan fingerprint density at radius 1 is 1.62 bits per heavy atom. The first-order valence-electron chi connectivity index (χ1n) is 3.91. The maximum atomic E-state index is 9.17. The number of nitrogens with one attached hydrogen (secondary N) is 1. The smallest absolute Gasteiger partial charge is 0.217 e. The van der Waals surface area contributed by atoms with E-state index in [9.17, 15) is 5.11 Å². The third-order valence-electron chi connectivity index (χ3n) is 1.64. The maximum absolute atomic E-state index is 9.17. The summed E-state index contributed by atoms with van der Waals surface area (Å²) >= 11 is 0. The Bertz CT molecular complexity index is 378. The summed E-state index contributed by atoms with van der Waals surface area (Å²) in [6.07, 6.45) is 0.907. The average molecular weight is 179 g/mol. The van der Waals surface area contributed by atoms with Crippen molar-refractivity contribution in [3.05, 3.63) is 24.2 Å². The van der Waals surface area contributed by atoms with E-state index in [4.69, 9.17) is 4.42 Å². The van der Waals surface area contributed by atoms with Crippen LogP contribution in [0.2, 0.25) is 0 Å². The summed E-state index contributed by atoms with van der Waals surface area (Å²) in [5.74, 6) is 1.48. The van der Waals surface area contributed by atoms with E-state index in [1.165, 1.54) is 0 Å². The second-order valence-corrected chi connectivity index (χ2v) is 2.70. The molecule has 0 bridgehead atoms. The molecule has 1 atom stereocenters. The number of nitrogens with zero attached hydrogens (tertiary/aromatic N) is 2. The van der Waals surface area contributed by atoms with E-state index in [0.717, 1.165) is 0 Å². The minimum atomic E-state index is -0.642. The first-order valence-corrected chi connectivity index (χ1v) is 3.91. The van der Waals surface area contributed by atoms with E-state index in [1.54, 1.807) is 25.3 Å². The van der Waals surface area contributed by atoms with E-state index in [-0.39, 0.29) is 0 Å². The fourth-order valence-corrected chi connectivity index (χ4v) is 0.977. The van der Waals surface area contributed by atoms with Gasteiger partial charge in [0.1, 0.15) is 6.10 Å². The van der Waals surface area contributed by atoms with E-state index in [2.05, 4.69) is 15.2 Å². The van der Waals surface area contributed by atoms with Crippen molar-refractivity contribution in [3.8, 4) is 11.6 Å². The molecule has 2 rings (SSSR count). The van der Waals surface area contributed by atoms with Gasteiger partial charge in [-0.2, -0.15) is 0 Å². The van der Waals surface area contributed by atoms with Gasteiger partial charge in [-0.25, -0.2) is 4.98 Å². The third kappa shape index (κ3) is 1.46. The van der Waals surface area contributed by atoms with Gasteiger partial charge in [0.05, 0.1) is 6.26 Å². The first-order chi connectivity index (χ1) is 6.27. The highest BCUT2D eigenvalue weighted by Crippen LogP contribution is 2.16. The zero-order valence-electron chi connectivity index (χ0n) is 7.06. The molecule has 0 aliphatic carbocycles. The number of aliphatic hydroxyl groups is 1. The molecule has 0 saturated carbocycles. The van der Waals surface area contributed by atoms with Crippen LogP contribution >= 0.6 is 0 Å². The second kappa shape index (κ2) is 3.02. The van der Waals surface area contributed by atoms with E-state index in [0.29, 0.717) is 17.4 Å². The molecule has 0 spiro atoms. The Kier molecular flexibility index (Phi) is 1.86. The molecule has 0 amide bonds. The largest absolute Gasteiger partial charge is 0.461 e. The van der Waals surface area contributed by atoms with Crippen LogP contribution < -0.4 is 0 Å². The van der Waals surface area contributed by atoms with E-state index in [1.807, 2.05) is 0 Å². The quantitative estimate of drug-likeness (QED) is 0.724. The van der Waals surface area contributed by atoms with Crippen molar-refractivity contribution in [2.75, 3.05) is 0 Å². The Hall–Kier alpha value is -1.62. The summed E-state index contributed by atoms with van der Waals surface area (Å²) in [5, 5.41) is 15.7. The van der Waals surface area contributed by atoms with Crippen molar-refractivity contribution in [2.24, 2.45) is 0 Å². The molecule has 0 aliphatic heterocycles. The van der Waals surface area contributed by atoms with Crippen LogP contribution in [-0.2, 0) is 0 Å². The topological polar surface area (TPSA) is 74.9 Å². The highest BCUT2D eigenvalue weighted by atomic mass is 16.3. The molecule has 2 heterocycles. The Morgan fingerprint density at radius 2 is 2.46 bits per heavy atom. The predicted octanol–water partition coefficient (Wildman–Crippen LogP) is 1.12. The number of hydrogen-bond acceptors (Lipinski definition) is 4. The van der Waals surface area contributed by atoms with Gasteiger partial charge in [0.15, 0.2) is 11.6 Å². The van der Waals surface area contributed by atoms with Crippen LogP contribution in [-0.4, -0.2) is 20.3 Å². The number of hydrogen-bond donors (Lipinski definition) is 2. The number of rotatable bonds is 2. The highest BCUT2D eigenvalue weighted by molar-refractivity contribution is 5.45.